The van der Waals surface area contributed by atoms with Gasteiger partial charge in [-0.1, -0.05) is 0 Å². The Morgan fingerprint density at radius 1 is 1.40 bits per heavy atom. The highest BCUT2D eigenvalue weighted by molar-refractivity contribution is 5.72. The third-order valence-corrected chi connectivity index (χ3v) is 2.67. The molecule has 3 heteroatoms. The summed E-state index contributed by atoms with van der Waals surface area (Å²) < 4.78 is 10.3. The molecule has 3 rings (SSSR count). The molecule has 2 saturated heterocycles. The first-order valence-electron chi connectivity index (χ1n) is 3.69. The zero-order valence-electron chi connectivity index (χ0n) is 5.45. The Morgan fingerprint density at radius 2 is 2.30 bits per heavy atom. The fourth-order valence-electron chi connectivity index (χ4n) is 2.13. The molecule has 3 fully saturated rings. The first-order valence-corrected chi connectivity index (χ1v) is 3.69. The largest absolute Gasteiger partial charge is 0.462 e. The molecule has 0 aromatic carbocycles. The second-order valence-electron chi connectivity index (χ2n) is 3.27. The topological polar surface area (TPSA) is 38.8 Å². The quantitative estimate of drug-likeness (QED) is 0.353. The van der Waals surface area contributed by atoms with Crippen LogP contribution in [0.5, 0.6) is 0 Å². The van der Waals surface area contributed by atoms with E-state index in [-0.39, 0.29) is 12.1 Å². The lowest BCUT2D eigenvalue weighted by Crippen LogP contribution is -2.14. The normalized spacial score (nSPS) is 55.8. The molecule has 4 atom stereocenters. The molecule has 2 heterocycles. The minimum absolute atomic E-state index is 0.0380. The molecule has 0 spiro atoms. The number of hydrogen-bond acceptors (Lipinski definition) is 3. The van der Waals surface area contributed by atoms with Crippen LogP contribution in [0.1, 0.15) is 12.8 Å². The van der Waals surface area contributed by atoms with Crippen LogP contribution in [0.15, 0.2) is 0 Å². The minimum Gasteiger partial charge on any atom is -0.462 e. The van der Waals surface area contributed by atoms with E-state index >= 15 is 0 Å². The van der Waals surface area contributed by atoms with Crippen LogP contribution in [0.25, 0.3) is 0 Å². The van der Waals surface area contributed by atoms with Gasteiger partial charge < -0.3 is 9.47 Å². The zero-order chi connectivity index (χ0) is 6.72. The minimum atomic E-state index is -0.0380. The Kier molecular flexibility index (Phi) is 0.703. The standard InChI is InChI=1S/C7H8O3/c8-6-1-3-4(9-6)2-5-7(3)10-5/h3-5,7H,1-2H2/t3-,4+,5+,7-/m1/s1. The lowest BCUT2D eigenvalue weighted by atomic mass is 10.0. The summed E-state index contributed by atoms with van der Waals surface area (Å²) in [5.41, 5.74) is 0. The first-order chi connectivity index (χ1) is 4.84. The van der Waals surface area contributed by atoms with Gasteiger partial charge >= 0.3 is 5.97 Å². The van der Waals surface area contributed by atoms with E-state index in [1.54, 1.807) is 0 Å². The molecule has 0 aromatic heterocycles. The first kappa shape index (κ1) is 5.13. The number of epoxide rings is 1. The van der Waals surface area contributed by atoms with Crippen LogP contribution in [0.3, 0.4) is 0 Å². The molecule has 54 valence electrons. The van der Waals surface area contributed by atoms with E-state index in [2.05, 4.69) is 0 Å². The fourth-order valence-corrected chi connectivity index (χ4v) is 2.13. The van der Waals surface area contributed by atoms with Gasteiger partial charge in [0.15, 0.2) is 0 Å². The van der Waals surface area contributed by atoms with Crippen LogP contribution >= 0.6 is 0 Å². The van der Waals surface area contributed by atoms with Crippen molar-refractivity contribution in [3.8, 4) is 0 Å². The predicted molar refractivity (Wildman–Crippen MR) is 31.3 cm³/mol. The lowest BCUT2D eigenvalue weighted by Gasteiger charge is -2.07. The average molecular weight is 140 g/mol. The Bertz CT molecular complexity index is 201. The molecule has 0 amide bonds. The van der Waals surface area contributed by atoms with Gasteiger partial charge in [-0.05, 0) is 0 Å². The summed E-state index contributed by atoms with van der Waals surface area (Å²) in [6.07, 6.45) is 2.54. The van der Waals surface area contributed by atoms with Crippen LogP contribution in [0.2, 0.25) is 0 Å². The van der Waals surface area contributed by atoms with E-state index in [1.165, 1.54) is 0 Å². The van der Waals surface area contributed by atoms with Crippen LogP contribution in [0, 0.1) is 5.92 Å². The van der Waals surface area contributed by atoms with Crippen molar-refractivity contribution in [1.82, 2.24) is 0 Å². The predicted octanol–water partition coefficient (Wildman–Crippen LogP) is 0.0892. The maximum Gasteiger partial charge on any atom is 0.306 e. The van der Waals surface area contributed by atoms with Gasteiger partial charge in [-0.2, -0.15) is 0 Å². The molecule has 0 bridgehead atoms. The van der Waals surface area contributed by atoms with Crippen molar-refractivity contribution < 1.29 is 14.3 Å². The fraction of sp³-hybridized carbons (Fsp3) is 0.857. The summed E-state index contributed by atoms with van der Waals surface area (Å²) >= 11 is 0. The van der Waals surface area contributed by atoms with E-state index in [0.717, 1.165) is 6.42 Å². The third-order valence-electron chi connectivity index (χ3n) is 2.67. The molecule has 1 aliphatic carbocycles. The van der Waals surface area contributed by atoms with E-state index in [1.807, 2.05) is 0 Å². The van der Waals surface area contributed by atoms with E-state index in [9.17, 15) is 4.79 Å². The number of fused-ring (bicyclic) bond motifs is 3. The number of esters is 1. The van der Waals surface area contributed by atoms with Gasteiger partial charge in [0.2, 0.25) is 0 Å². The number of rotatable bonds is 0. The van der Waals surface area contributed by atoms with Gasteiger partial charge in [0.1, 0.15) is 6.10 Å². The van der Waals surface area contributed by atoms with Crippen LogP contribution in [-0.2, 0) is 14.3 Å². The van der Waals surface area contributed by atoms with Gasteiger partial charge in [0, 0.05) is 12.3 Å². The SMILES string of the molecule is O=C1C[C@H]2[C@H]3O[C@H]3C[C@@H]2O1. The van der Waals surface area contributed by atoms with Gasteiger partial charge in [-0.3, -0.25) is 4.79 Å². The molecular weight excluding hydrogens is 132 g/mol. The summed E-state index contributed by atoms with van der Waals surface area (Å²) in [5.74, 6) is 0.362. The van der Waals surface area contributed by atoms with Crippen molar-refractivity contribution in [2.24, 2.45) is 5.92 Å². The van der Waals surface area contributed by atoms with Crippen LogP contribution in [0.4, 0.5) is 0 Å². The summed E-state index contributed by atoms with van der Waals surface area (Å²) in [4.78, 5) is 10.7. The number of carbonyl (C=O) groups excluding carboxylic acids is 1. The van der Waals surface area contributed by atoms with Gasteiger partial charge in [0.05, 0.1) is 18.6 Å². The van der Waals surface area contributed by atoms with Gasteiger partial charge in [-0.15, -0.1) is 0 Å². The molecule has 1 saturated carbocycles. The molecule has 3 aliphatic rings. The van der Waals surface area contributed by atoms with E-state index in [0.29, 0.717) is 24.5 Å². The average Bonchev–Trinajstić information content (AvgIpc) is 2.40. The number of carbonyl (C=O) groups is 1. The highest BCUT2D eigenvalue weighted by atomic mass is 16.6. The zero-order valence-corrected chi connectivity index (χ0v) is 5.45. The summed E-state index contributed by atoms with van der Waals surface area (Å²) in [6.45, 7) is 0. The second kappa shape index (κ2) is 1.37. The van der Waals surface area contributed by atoms with Crippen molar-refractivity contribution >= 4 is 5.97 Å². The molecule has 0 N–H and O–H groups in total. The molecule has 0 aromatic rings. The summed E-state index contributed by atoms with van der Waals surface area (Å²) in [7, 11) is 0. The van der Waals surface area contributed by atoms with Gasteiger partial charge in [0.25, 0.3) is 0 Å². The highest BCUT2D eigenvalue weighted by Gasteiger charge is 2.60. The molecule has 3 nitrogen and oxygen atoms in total. The molecule has 0 radical (unpaired) electrons. The van der Waals surface area contributed by atoms with Crippen molar-refractivity contribution in [3.05, 3.63) is 0 Å². The van der Waals surface area contributed by atoms with Crippen LogP contribution < -0.4 is 0 Å². The second-order valence-corrected chi connectivity index (χ2v) is 3.27. The molecule has 10 heavy (non-hydrogen) atoms. The summed E-state index contributed by atoms with van der Waals surface area (Å²) in [5, 5.41) is 0. The van der Waals surface area contributed by atoms with Crippen molar-refractivity contribution in [2.45, 2.75) is 31.2 Å². The number of hydrogen-bond donors (Lipinski definition) is 0. The molecular formula is C7H8O3. The Labute approximate surface area is 58.3 Å². The van der Waals surface area contributed by atoms with E-state index < -0.39 is 0 Å². The van der Waals surface area contributed by atoms with Crippen molar-refractivity contribution in [3.63, 3.8) is 0 Å². The van der Waals surface area contributed by atoms with Gasteiger partial charge in [-0.25, -0.2) is 0 Å². The Balaban J connectivity index is 1.88. The Hall–Kier alpha value is -0.570. The van der Waals surface area contributed by atoms with E-state index in [4.69, 9.17) is 9.47 Å². The van der Waals surface area contributed by atoms with Crippen molar-refractivity contribution in [2.75, 3.05) is 0 Å². The summed E-state index contributed by atoms with van der Waals surface area (Å²) in [6, 6.07) is 0. The number of ether oxygens (including phenoxy) is 2. The smallest absolute Gasteiger partial charge is 0.306 e. The maximum absolute atomic E-state index is 10.7. The highest BCUT2D eigenvalue weighted by Crippen LogP contribution is 2.48. The molecule has 2 aliphatic heterocycles. The Morgan fingerprint density at radius 3 is 3.10 bits per heavy atom. The lowest BCUT2D eigenvalue weighted by molar-refractivity contribution is -0.141. The monoisotopic (exact) mass is 140 g/mol. The third kappa shape index (κ3) is 0.475. The van der Waals surface area contributed by atoms with Crippen molar-refractivity contribution in [1.29, 1.82) is 0 Å². The van der Waals surface area contributed by atoms with Crippen LogP contribution in [-0.4, -0.2) is 24.3 Å². The maximum atomic E-state index is 10.7. The molecule has 0 unspecified atom stereocenters.